The Bertz CT molecular complexity index is 3280. The summed E-state index contributed by atoms with van der Waals surface area (Å²) in [5.74, 6) is -1.78. The zero-order valence-corrected chi connectivity index (χ0v) is 70.8. The summed E-state index contributed by atoms with van der Waals surface area (Å²) in [7, 11) is 11.8. The van der Waals surface area contributed by atoms with E-state index in [-0.39, 0.29) is 47.2 Å². The lowest BCUT2D eigenvalue weighted by Crippen LogP contribution is -2.14. The number of rotatable bonds is 48. The highest BCUT2D eigenvalue weighted by atomic mass is 16.6. The van der Waals surface area contributed by atoms with Gasteiger partial charge in [0.05, 0.1) is 32.0 Å². The Morgan fingerprint density at radius 1 is 0.319 bits per heavy atom. The van der Waals surface area contributed by atoms with Crippen molar-refractivity contribution < 1.29 is 80.8 Å². The van der Waals surface area contributed by atoms with Crippen LogP contribution in [0.25, 0.3) is 0 Å². The number of hydrogen-bond acceptors (Lipinski definition) is 22. The molecule has 0 atom stereocenters. The van der Waals surface area contributed by atoms with Crippen LogP contribution in [0.1, 0.15) is 259 Å². The number of hydrogen-bond donors (Lipinski definition) is 0. The fourth-order valence-electron chi connectivity index (χ4n) is 13.0. The molecule has 0 heterocycles. The van der Waals surface area contributed by atoms with Gasteiger partial charge in [-0.15, -0.1) is 0 Å². The summed E-state index contributed by atoms with van der Waals surface area (Å²) in [4.78, 5) is 60.3. The highest BCUT2D eigenvalue weighted by molar-refractivity contribution is 6.00. The first-order chi connectivity index (χ1) is 55.0. The van der Waals surface area contributed by atoms with Gasteiger partial charge in [-0.2, -0.15) is 26.3 Å². The SMILES string of the molecule is CCCCOCCOC(=O)/C(C#N)=C1\C=C(CCCCOC)CCC1.CCOC(=O)/C(C#N)=C1\C=C(CCCCOC)CCC1.COCCCCC(=O)/C(C#N)=C1\C=C(CCCCOC)CCC1.COCCCCC1=C/C(=C(/C#N)C(=O)OCC(C)C)CCC1.COCCCCC1=C/C(=C(/C#N)C(=O)OCCCOC)CCC1. The predicted octanol–water partition coefficient (Wildman–Crippen LogP) is 18.8. The topological polar surface area (TPSA) is 315 Å². The molecule has 5 rings (SSSR count). The fraction of sp³-hybridized carbons (Fsp3) is 0.670. The zero-order chi connectivity index (χ0) is 83.3. The molecule has 0 radical (unpaired) electrons. The van der Waals surface area contributed by atoms with E-state index in [4.69, 9.17) is 62.1 Å². The van der Waals surface area contributed by atoms with E-state index >= 15 is 0 Å². The monoisotopic (exact) mass is 1570 g/mol. The van der Waals surface area contributed by atoms with E-state index in [0.29, 0.717) is 58.1 Å². The second kappa shape index (κ2) is 69.6. The molecule has 5 aliphatic carbocycles. The molecule has 0 aromatic carbocycles. The number of methoxy groups -OCH3 is 7. The van der Waals surface area contributed by atoms with Crippen LogP contribution in [0.15, 0.2) is 114 Å². The van der Waals surface area contributed by atoms with Gasteiger partial charge in [0.1, 0.15) is 59.2 Å². The minimum atomic E-state index is -0.534. The molecule has 0 saturated carbocycles. The van der Waals surface area contributed by atoms with Crippen LogP contribution >= 0.6 is 0 Å². The molecule has 0 aliphatic heterocycles. The second-order valence-corrected chi connectivity index (χ2v) is 28.8. The number of esters is 4. The number of Topliss-reactive ketones (excluding diaryl/α,β-unsaturated/α-hetero) is 1. The van der Waals surface area contributed by atoms with Gasteiger partial charge in [-0.05, 0) is 253 Å². The quantitative estimate of drug-likeness (QED) is 0.0180. The van der Waals surface area contributed by atoms with Gasteiger partial charge in [-0.3, -0.25) is 4.79 Å². The molecule has 0 aromatic heterocycles. The molecule has 0 spiro atoms. The molecule has 5 aliphatic rings. The molecule has 22 heteroatoms. The van der Waals surface area contributed by atoms with Gasteiger partial charge < -0.3 is 56.8 Å². The van der Waals surface area contributed by atoms with Crippen LogP contribution in [0.5, 0.6) is 0 Å². The largest absolute Gasteiger partial charge is 0.462 e. The van der Waals surface area contributed by atoms with Crippen LogP contribution in [0.2, 0.25) is 0 Å². The van der Waals surface area contributed by atoms with Crippen LogP contribution in [-0.4, -0.2) is 165 Å². The third-order valence-corrected chi connectivity index (χ3v) is 19.0. The molecule has 0 fully saturated rings. The first kappa shape index (κ1) is 103. The summed E-state index contributed by atoms with van der Waals surface area (Å²) < 4.78 is 61.0. The molecular formula is C91H137N5O17. The van der Waals surface area contributed by atoms with Gasteiger partial charge in [0, 0.05) is 115 Å². The Kier molecular flexibility index (Phi) is 63.5. The molecule has 628 valence electrons. The van der Waals surface area contributed by atoms with Crippen LogP contribution in [0.4, 0.5) is 0 Å². The lowest BCUT2D eigenvalue weighted by Gasteiger charge is -2.16. The highest BCUT2D eigenvalue weighted by Gasteiger charge is 2.24. The fourth-order valence-corrected chi connectivity index (χ4v) is 13.0. The van der Waals surface area contributed by atoms with Crippen LogP contribution in [0, 0.1) is 62.6 Å². The minimum absolute atomic E-state index is 0.0181. The van der Waals surface area contributed by atoms with Gasteiger partial charge in [-0.25, -0.2) is 19.2 Å². The van der Waals surface area contributed by atoms with Crippen molar-refractivity contribution >= 4 is 29.7 Å². The standard InChI is InChI=1S/C20H31NO4.C19H29NO3.C18H27NO4.C18H27NO3.C16H23NO3/c1-3-4-12-24-13-14-25-20(22)19(16-21)18-10-7-9-17(15-18)8-5-6-11-23-2;1-22-12-5-3-8-16-9-7-10-17(14-16)18(15-20)19(21)11-4-6-13-23-2;1-21-10-4-3-7-15-8-5-9-16(13-15)17(14-19)18(20)23-12-6-11-22-2;1-14(2)13-22-18(20)17(12-19)16-9-6-8-15(11-16)7-4-5-10-21-3;1-3-20-16(18)15(12-17)14-9-6-8-13(11-14)7-4-5-10-19-2/h15H,3-14H2,1-2H3;14H,3-13H2,1-2H3;13H,3-12H2,1-2H3;11,14H,4-10,13H2,1-3H3;11H,3-10H2,1-2H3/b19-18-;18-17-;2*17-16-;15-14-. The van der Waals surface area contributed by atoms with E-state index in [2.05, 4.69) is 19.1 Å². The first-order valence-electron chi connectivity index (χ1n) is 41.3. The van der Waals surface area contributed by atoms with Crippen LogP contribution in [0.3, 0.4) is 0 Å². The number of nitrogens with zero attached hydrogens (tertiary/aromatic N) is 5. The molecule has 0 aromatic rings. The summed E-state index contributed by atoms with van der Waals surface area (Å²) in [6, 6.07) is 10.2. The molecule has 22 nitrogen and oxygen atoms in total. The third-order valence-electron chi connectivity index (χ3n) is 19.0. The zero-order valence-electron chi connectivity index (χ0n) is 70.8. The number of carbonyl (C=O) groups is 5. The maximum Gasteiger partial charge on any atom is 0.349 e. The number of unbranched alkanes of at least 4 members (excludes halogenated alkanes) is 7. The maximum atomic E-state index is 12.3. The summed E-state index contributed by atoms with van der Waals surface area (Å²) in [6.07, 6.45) is 44.7. The van der Waals surface area contributed by atoms with Crippen molar-refractivity contribution in [2.45, 2.75) is 259 Å². The van der Waals surface area contributed by atoms with Crippen molar-refractivity contribution in [3.05, 3.63) is 114 Å². The van der Waals surface area contributed by atoms with Crippen LogP contribution in [-0.2, 0) is 80.8 Å². The highest BCUT2D eigenvalue weighted by Crippen LogP contribution is 2.33. The molecular weight excluding hydrogens is 1440 g/mol. The van der Waals surface area contributed by atoms with Crippen molar-refractivity contribution in [1.29, 1.82) is 26.3 Å². The second-order valence-electron chi connectivity index (χ2n) is 28.8. The molecule has 0 bridgehead atoms. The van der Waals surface area contributed by atoms with Crippen molar-refractivity contribution in [3.63, 3.8) is 0 Å². The van der Waals surface area contributed by atoms with Crippen LogP contribution < -0.4 is 0 Å². The van der Waals surface area contributed by atoms with E-state index in [1.54, 1.807) is 56.7 Å². The normalized spacial score (nSPS) is 16.6. The molecule has 0 amide bonds. The van der Waals surface area contributed by atoms with E-state index in [1.165, 1.54) is 27.9 Å². The van der Waals surface area contributed by atoms with Gasteiger partial charge in [0.15, 0.2) is 5.78 Å². The van der Waals surface area contributed by atoms with E-state index in [0.717, 1.165) is 279 Å². The lowest BCUT2D eigenvalue weighted by molar-refractivity contribution is -0.140. The average molecular weight is 1570 g/mol. The molecule has 0 unspecified atom stereocenters. The Morgan fingerprint density at radius 3 is 0.894 bits per heavy atom. The number of nitriles is 5. The Morgan fingerprint density at radius 2 is 0.602 bits per heavy atom. The smallest absolute Gasteiger partial charge is 0.349 e. The average Bonchev–Trinajstić information content (AvgIpc) is 0.893. The third kappa shape index (κ3) is 48.2. The minimum Gasteiger partial charge on any atom is -0.462 e. The number of allylic oxidation sites excluding steroid dienone is 16. The lowest BCUT2D eigenvalue weighted by atomic mass is 9.88. The van der Waals surface area contributed by atoms with Gasteiger partial charge in [0.2, 0.25) is 0 Å². The van der Waals surface area contributed by atoms with Crippen molar-refractivity contribution in [2.75, 3.05) is 136 Å². The summed E-state index contributed by atoms with van der Waals surface area (Å²) >= 11 is 0. The van der Waals surface area contributed by atoms with E-state index in [1.807, 2.05) is 62.4 Å². The number of ketones is 1. The predicted molar refractivity (Wildman–Crippen MR) is 439 cm³/mol. The maximum absolute atomic E-state index is 12.3. The van der Waals surface area contributed by atoms with E-state index < -0.39 is 23.9 Å². The summed E-state index contributed by atoms with van der Waals surface area (Å²) in [5.41, 5.74) is 11.9. The van der Waals surface area contributed by atoms with Gasteiger partial charge >= 0.3 is 23.9 Å². The number of carbonyl (C=O) groups excluding carboxylic acids is 5. The summed E-state index contributed by atoms with van der Waals surface area (Å²) in [5, 5.41) is 46.5. The number of ether oxygens (including phenoxy) is 12. The first-order valence-corrected chi connectivity index (χ1v) is 41.3. The Balaban J connectivity index is 0.000000707. The van der Waals surface area contributed by atoms with Gasteiger partial charge in [-0.1, -0.05) is 85.4 Å². The Labute approximate surface area is 678 Å². The molecule has 113 heavy (non-hydrogen) atoms. The van der Waals surface area contributed by atoms with Crippen molar-refractivity contribution in [3.8, 4) is 30.3 Å². The Hall–Kier alpha value is -7.92. The summed E-state index contributed by atoms with van der Waals surface area (Å²) in [6.45, 7) is 15.1. The van der Waals surface area contributed by atoms with Crippen molar-refractivity contribution in [2.24, 2.45) is 5.92 Å². The molecule has 0 N–H and O–H groups in total. The van der Waals surface area contributed by atoms with Gasteiger partial charge in [0.25, 0.3) is 0 Å². The molecule has 0 saturated heterocycles. The van der Waals surface area contributed by atoms with E-state index in [9.17, 15) is 45.0 Å². The van der Waals surface area contributed by atoms with Crippen molar-refractivity contribution in [1.82, 2.24) is 0 Å².